The van der Waals surface area contributed by atoms with Crippen molar-refractivity contribution in [3.63, 3.8) is 0 Å². The lowest BCUT2D eigenvalue weighted by Gasteiger charge is -2.21. The number of likely N-dealkylation sites (N-methyl/N-ethyl adjacent to an activating group) is 1. The fourth-order valence-electron chi connectivity index (χ4n) is 2.62. The summed E-state index contributed by atoms with van der Waals surface area (Å²) in [5.74, 6) is -0.164. The van der Waals surface area contributed by atoms with E-state index in [1.807, 2.05) is 32.0 Å². The molecule has 0 atom stereocenters. The molecule has 0 aliphatic heterocycles. The second-order valence-corrected chi connectivity index (χ2v) is 7.05. The molecule has 146 valence electrons. The van der Waals surface area contributed by atoms with Crippen LogP contribution < -0.4 is 15.4 Å². The lowest BCUT2D eigenvalue weighted by Crippen LogP contribution is -2.30. The van der Waals surface area contributed by atoms with Crippen molar-refractivity contribution in [2.45, 2.75) is 13.8 Å². The van der Waals surface area contributed by atoms with Gasteiger partial charge in [-0.1, -0.05) is 59.6 Å². The van der Waals surface area contributed by atoms with Crippen LogP contribution in [0.3, 0.4) is 0 Å². The van der Waals surface area contributed by atoms with E-state index in [1.165, 1.54) is 11.0 Å². The van der Waals surface area contributed by atoms with E-state index in [0.29, 0.717) is 10.0 Å². The Morgan fingerprint density at radius 2 is 1.89 bits per heavy atom. The van der Waals surface area contributed by atoms with Crippen molar-refractivity contribution < 1.29 is 9.53 Å². The highest BCUT2D eigenvalue weighted by Crippen LogP contribution is 2.29. The number of allylic oxidation sites excluding steroid dienone is 2. The molecule has 0 saturated carbocycles. The van der Waals surface area contributed by atoms with Gasteiger partial charge in [0.25, 0.3) is 5.91 Å². The third kappa shape index (κ3) is 5.18. The summed E-state index contributed by atoms with van der Waals surface area (Å²) in [6.45, 7) is 7.58. The number of nitrogens with two attached hydrogens (primary N) is 1. The SMILES string of the molecule is C=C/C=C\C(C(=O)N(C)c1ccc(C)cc1C)=C(/N)Oc1cc(Cl)ccc1Cl. The van der Waals surface area contributed by atoms with Crippen LogP contribution in [0.4, 0.5) is 5.69 Å². The summed E-state index contributed by atoms with van der Waals surface area (Å²) in [6, 6.07) is 10.6. The van der Waals surface area contributed by atoms with Crippen molar-refractivity contribution in [2.75, 3.05) is 11.9 Å². The maximum absolute atomic E-state index is 13.1. The first-order chi connectivity index (χ1) is 13.2. The van der Waals surface area contributed by atoms with Crippen LogP contribution in [0.15, 0.2) is 72.7 Å². The number of aryl methyl sites for hydroxylation is 2. The van der Waals surface area contributed by atoms with E-state index in [9.17, 15) is 4.79 Å². The van der Waals surface area contributed by atoms with Crippen LogP contribution in [0.2, 0.25) is 10.0 Å². The monoisotopic (exact) mass is 416 g/mol. The summed E-state index contributed by atoms with van der Waals surface area (Å²) in [5, 5.41) is 0.767. The van der Waals surface area contributed by atoms with Gasteiger partial charge in [0.05, 0.1) is 10.6 Å². The number of hydrogen-bond acceptors (Lipinski definition) is 3. The summed E-state index contributed by atoms with van der Waals surface area (Å²) in [6.07, 6.45) is 4.70. The number of halogens is 2. The number of carbonyl (C=O) groups is 1. The smallest absolute Gasteiger partial charge is 0.263 e. The Morgan fingerprint density at radius 1 is 1.18 bits per heavy atom. The molecule has 2 N–H and O–H groups in total. The van der Waals surface area contributed by atoms with Gasteiger partial charge in [0.2, 0.25) is 5.88 Å². The van der Waals surface area contributed by atoms with Crippen molar-refractivity contribution in [2.24, 2.45) is 5.73 Å². The van der Waals surface area contributed by atoms with E-state index in [0.717, 1.165) is 16.8 Å². The summed E-state index contributed by atoms with van der Waals surface area (Å²) in [7, 11) is 1.68. The first-order valence-electron chi connectivity index (χ1n) is 8.51. The van der Waals surface area contributed by atoms with Gasteiger partial charge in [-0.15, -0.1) is 0 Å². The highest BCUT2D eigenvalue weighted by molar-refractivity contribution is 6.34. The standard InChI is InChI=1S/C22H22Cl2N2O2/c1-5-6-7-17(21(25)28-20-13-16(23)9-10-18(20)24)22(27)26(4)19-11-8-14(2)12-15(19)3/h5-13H,1,25H2,2-4H3/b7-6-,21-17-. The summed E-state index contributed by atoms with van der Waals surface area (Å²) >= 11 is 12.1. The molecule has 0 radical (unpaired) electrons. The van der Waals surface area contributed by atoms with Crippen molar-refractivity contribution in [1.29, 1.82) is 0 Å². The average Bonchev–Trinajstić information content (AvgIpc) is 2.64. The molecule has 0 aromatic heterocycles. The molecule has 1 amide bonds. The molecule has 0 saturated heterocycles. The van der Waals surface area contributed by atoms with Crippen LogP contribution in [0.25, 0.3) is 0 Å². The molecule has 2 aromatic rings. The molecule has 0 spiro atoms. The Balaban J connectivity index is 2.44. The zero-order valence-electron chi connectivity index (χ0n) is 16.0. The van der Waals surface area contributed by atoms with Crippen LogP contribution >= 0.6 is 23.2 Å². The molecule has 0 aliphatic rings. The number of carbonyl (C=O) groups excluding carboxylic acids is 1. The minimum absolute atomic E-state index is 0.0936. The molecule has 0 bridgehead atoms. The molecule has 0 aliphatic carbocycles. The number of nitrogens with zero attached hydrogens (tertiary/aromatic N) is 1. The van der Waals surface area contributed by atoms with E-state index < -0.39 is 0 Å². The van der Waals surface area contributed by atoms with Gasteiger partial charge in [-0.25, -0.2) is 0 Å². The Morgan fingerprint density at radius 3 is 2.54 bits per heavy atom. The van der Waals surface area contributed by atoms with E-state index in [-0.39, 0.29) is 23.1 Å². The number of amides is 1. The van der Waals surface area contributed by atoms with Crippen molar-refractivity contribution in [3.05, 3.63) is 93.8 Å². The topological polar surface area (TPSA) is 55.6 Å². The molecular formula is C22H22Cl2N2O2. The van der Waals surface area contributed by atoms with Crippen molar-refractivity contribution >= 4 is 34.8 Å². The first kappa shape index (κ1) is 21.6. The van der Waals surface area contributed by atoms with Gasteiger partial charge in [-0.3, -0.25) is 4.79 Å². The van der Waals surface area contributed by atoms with Crippen molar-refractivity contribution in [3.8, 4) is 5.75 Å². The average molecular weight is 417 g/mol. The predicted molar refractivity (Wildman–Crippen MR) is 117 cm³/mol. The van der Waals surface area contributed by atoms with Gasteiger partial charge >= 0.3 is 0 Å². The maximum atomic E-state index is 13.1. The molecule has 0 fully saturated rings. The highest BCUT2D eigenvalue weighted by atomic mass is 35.5. The number of ether oxygens (including phenoxy) is 1. The molecule has 6 heteroatoms. The van der Waals surface area contributed by atoms with Crippen molar-refractivity contribution in [1.82, 2.24) is 0 Å². The van der Waals surface area contributed by atoms with Gasteiger partial charge in [-0.05, 0) is 43.7 Å². The fraction of sp³-hybridized carbons (Fsp3) is 0.136. The van der Waals surface area contributed by atoms with Crippen LogP contribution in [0.1, 0.15) is 11.1 Å². The number of rotatable bonds is 6. The first-order valence-corrected chi connectivity index (χ1v) is 9.27. The summed E-state index contributed by atoms with van der Waals surface area (Å²) in [5.41, 5.74) is 9.13. The Hall–Kier alpha value is -2.69. The molecule has 2 rings (SSSR count). The predicted octanol–water partition coefficient (Wildman–Crippen LogP) is 5.56. The Kier molecular flexibility index (Phi) is 7.32. The van der Waals surface area contributed by atoms with Gasteiger partial charge < -0.3 is 15.4 Å². The summed E-state index contributed by atoms with van der Waals surface area (Å²) < 4.78 is 5.65. The van der Waals surface area contributed by atoms with Gasteiger partial charge in [0.1, 0.15) is 5.75 Å². The second-order valence-electron chi connectivity index (χ2n) is 6.20. The van der Waals surface area contributed by atoms with E-state index in [4.69, 9.17) is 33.7 Å². The van der Waals surface area contributed by atoms with Crippen LogP contribution in [-0.2, 0) is 4.79 Å². The van der Waals surface area contributed by atoms with Gasteiger partial charge in [0.15, 0.2) is 0 Å². The van der Waals surface area contributed by atoms with Gasteiger partial charge in [-0.2, -0.15) is 0 Å². The molecule has 2 aromatic carbocycles. The normalized spacial score (nSPS) is 11.9. The Labute approximate surface area is 175 Å². The fourth-order valence-corrected chi connectivity index (χ4v) is 2.94. The molecule has 28 heavy (non-hydrogen) atoms. The van der Waals surface area contributed by atoms with E-state index >= 15 is 0 Å². The van der Waals surface area contributed by atoms with Crippen LogP contribution in [-0.4, -0.2) is 13.0 Å². The molecular weight excluding hydrogens is 395 g/mol. The van der Waals surface area contributed by atoms with E-state index in [2.05, 4.69) is 6.58 Å². The van der Waals surface area contributed by atoms with Crippen LogP contribution in [0, 0.1) is 13.8 Å². The largest absolute Gasteiger partial charge is 0.439 e. The Bertz CT molecular complexity index is 965. The third-order valence-electron chi connectivity index (χ3n) is 4.03. The minimum atomic E-state index is -0.333. The number of hydrogen-bond donors (Lipinski definition) is 1. The molecule has 0 unspecified atom stereocenters. The van der Waals surface area contributed by atoms with Gasteiger partial charge in [0, 0.05) is 23.8 Å². The lowest BCUT2D eigenvalue weighted by molar-refractivity contribution is -0.114. The zero-order valence-corrected chi connectivity index (χ0v) is 17.5. The lowest BCUT2D eigenvalue weighted by atomic mass is 10.1. The zero-order chi connectivity index (χ0) is 20.8. The van der Waals surface area contributed by atoms with E-state index in [1.54, 1.807) is 37.4 Å². The molecule has 4 nitrogen and oxygen atoms in total. The maximum Gasteiger partial charge on any atom is 0.263 e. The number of benzene rings is 2. The van der Waals surface area contributed by atoms with Crippen LogP contribution in [0.5, 0.6) is 5.75 Å². The summed E-state index contributed by atoms with van der Waals surface area (Å²) in [4.78, 5) is 14.7. The second kappa shape index (κ2) is 9.49. The number of anilines is 1. The molecule has 0 heterocycles. The third-order valence-corrected chi connectivity index (χ3v) is 4.57. The highest BCUT2D eigenvalue weighted by Gasteiger charge is 2.20. The minimum Gasteiger partial charge on any atom is -0.439 e. The quantitative estimate of drug-likeness (QED) is 0.380.